The quantitative estimate of drug-likeness (QED) is 0.481. The lowest BCUT2D eigenvalue weighted by Crippen LogP contribution is -2.10. The fraction of sp³-hybridized carbons (Fsp3) is 0.182. The number of methoxy groups -OCH3 is 2. The lowest BCUT2D eigenvalue weighted by atomic mass is 10.1. The van der Waals surface area contributed by atoms with Crippen LogP contribution >= 0.6 is 0 Å². The van der Waals surface area contributed by atoms with Crippen LogP contribution in [0.25, 0.3) is 21.8 Å². The molecule has 0 radical (unpaired) electrons. The molecular formula is C22H21NO5S. The fourth-order valence-corrected chi connectivity index (χ4v) is 4.30. The van der Waals surface area contributed by atoms with Crippen LogP contribution in [0.2, 0.25) is 0 Å². The maximum atomic E-state index is 12.8. The number of aromatic nitrogens is 1. The van der Waals surface area contributed by atoms with Crippen molar-refractivity contribution in [3.63, 3.8) is 0 Å². The Kier molecular flexibility index (Phi) is 4.62. The summed E-state index contributed by atoms with van der Waals surface area (Å²) in [6.45, 7) is 3.79. The van der Waals surface area contributed by atoms with Crippen molar-refractivity contribution in [2.45, 2.75) is 18.7 Å². The minimum Gasteiger partial charge on any atom is -0.497 e. The summed E-state index contributed by atoms with van der Waals surface area (Å²) < 4.78 is 42.1. The lowest BCUT2D eigenvalue weighted by Gasteiger charge is -2.09. The van der Waals surface area contributed by atoms with Gasteiger partial charge in [-0.3, -0.25) is 0 Å². The molecule has 0 aliphatic rings. The Hall–Kier alpha value is -3.19. The van der Waals surface area contributed by atoms with E-state index < -0.39 is 10.1 Å². The number of nitrogens with one attached hydrogen (secondary N) is 1. The third-order valence-electron chi connectivity index (χ3n) is 4.83. The van der Waals surface area contributed by atoms with Gasteiger partial charge in [-0.05, 0) is 49.7 Å². The summed E-state index contributed by atoms with van der Waals surface area (Å²) in [6, 6.07) is 13.9. The molecule has 150 valence electrons. The molecule has 1 aromatic heterocycles. The monoisotopic (exact) mass is 411 g/mol. The largest absolute Gasteiger partial charge is 0.497 e. The number of aromatic amines is 1. The summed E-state index contributed by atoms with van der Waals surface area (Å²) in [5.74, 6) is 1.48. The predicted molar refractivity (Wildman–Crippen MR) is 113 cm³/mol. The molecule has 0 bridgehead atoms. The number of benzene rings is 3. The number of ether oxygens (including phenoxy) is 2. The molecule has 0 fully saturated rings. The molecule has 0 spiro atoms. The SMILES string of the molecule is COc1cc(OC)c2[nH]c3c(OS(=O)(=O)c4ccc(C)cc4)cc(C)cc3c2c1. The maximum Gasteiger partial charge on any atom is 0.339 e. The number of rotatable bonds is 5. The molecule has 0 unspecified atom stereocenters. The van der Waals surface area contributed by atoms with Crippen LogP contribution in [0.15, 0.2) is 53.4 Å². The van der Waals surface area contributed by atoms with E-state index in [1.807, 2.05) is 26.0 Å². The van der Waals surface area contributed by atoms with Gasteiger partial charge in [0.25, 0.3) is 0 Å². The van der Waals surface area contributed by atoms with Crippen LogP contribution in [0.3, 0.4) is 0 Å². The van der Waals surface area contributed by atoms with E-state index in [9.17, 15) is 8.42 Å². The second-order valence-corrected chi connectivity index (χ2v) is 8.46. The summed E-state index contributed by atoms with van der Waals surface area (Å²) in [5.41, 5.74) is 3.16. The van der Waals surface area contributed by atoms with E-state index in [1.54, 1.807) is 38.5 Å². The van der Waals surface area contributed by atoms with Crippen molar-refractivity contribution in [3.05, 3.63) is 59.7 Å². The first-order valence-corrected chi connectivity index (χ1v) is 10.4. The average Bonchev–Trinajstić information content (AvgIpc) is 3.06. The molecule has 29 heavy (non-hydrogen) atoms. The number of hydrogen-bond donors (Lipinski definition) is 1. The van der Waals surface area contributed by atoms with Gasteiger partial charge >= 0.3 is 10.1 Å². The molecule has 0 aliphatic carbocycles. The Labute approximate surface area is 169 Å². The van der Waals surface area contributed by atoms with E-state index in [4.69, 9.17) is 13.7 Å². The van der Waals surface area contributed by atoms with Gasteiger partial charge in [-0.2, -0.15) is 8.42 Å². The zero-order valence-corrected chi connectivity index (χ0v) is 17.4. The molecule has 0 atom stereocenters. The number of H-pyrrole nitrogens is 1. The fourth-order valence-electron chi connectivity index (χ4n) is 3.37. The average molecular weight is 411 g/mol. The van der Waals surface area contributed by atoms with Gasteiger partial charge in [0, 0.05) is 16.8 Å². The van der Waals surface area contributed by atoms with Gasteiger partial charge in [0.05, 0.1) is 25.3 Å². The Morgan fingerprint density at radius 3 is 2.07 bits per heavy atom. The van der Waals surface area contributed by atoms with E-state index in [1.165, 1.54) is 12.1 Å². The predicted octanol–water partition coefficient (Wildman–Crippen LogP) is 4.72. The number of hydrogen-bond acceptors (Lipinski definition) is 5. The summed E-state index contributed by atoms with van der Waals surface area (Å²) in [7, 11) is -0.820. The van der Waals surface area contributed by atoms with Gasteiger partial charge in [-0.25, -0.2) is 0 Å². The minimum atomic E-state index is -3.98. The van der Waals surface area contributed by atoms with Gasteiger partial charge < -0.3 is 18.6 Å². The second-order valence-electron chi connectivity index (χ2n) is 6.91. The van der Waals surface area contributed by atoms with E-state index in [0.29, 0.717) is 17.0 Å². The highest BCUT2D eigenvalue weighted by molar-refractivity contribution is 7.87. The molecule has 7 heteroatoms. The highest BCUT2D eigenvalue weighted by Crippen LogP contribution is 2.39. The third-order valence-corrected chi connectivity index (χ3v) is 6.08. The molecule has 1 N–H and O–H groups in total. The third kappa shape index (κ3) is 3.38. The summed E-state index contributed by atoms with van der Waals surface area (Å²) in [5, 5.41) is 1.68. The van der Waals surface area contributed by atoms with Crippen molar-refractivity contribution < 1.29 is 22.1 Å². The van der Waals surface area contributed by atoms with Crippen molar-refractivity contribution >= 4 is 31.9 Å². The number of fused-ring (bicyclic) bond motifs is 3. The van der Waals surface area contributed by atoms with Gasteiger partial charge in [0.2, 0.25) is 0 Å². The van der Waals surface area contributed by atoms with Crippen molar-refractivity contribution in [1.29, 1.82) is 0 Å². The van der Waals surface area contributed by atoms with Gasteiger partial charge in [-0.15, -0.1) is 0 Å². The first-order chi connectivity index (χ1) is 13.8. The standard InChI is InChI=1S/C22H21NO5S/c1-13-5-7-16(8-6-13)29(24,25)28-20-10-14(2)9-17-18-11-15(26-3)12-19(27-4)21(18)23-22(17)20/h5-12,23H,1-4H3. The zero-order chi connectivity index (χ0) is 20.8. The minimum absolute atomic E-state index is 0.105. The van der Waals surface area contributed by atoms with Crippen LogP contribution in [0.1, 0.15) is 11.1 Å². The van der Waals surface area contributed by atoms with Gasteiger partial charge in [0.1, 0.15) is 16.4 Å². The topological polar surface area (TPSA) is 77.6 Å². The van der Waals surface area contributed by atoms with Crippen LogP contribution in [0.4, 0.5) is 0 Å². The van der Waals surface area contributed by atoms with E-state index >= 15 is 0 Å². The van der Waals surface area contributed by atoms with E-state index in [-0.39, 0.29) is 10.6 Å². The molecule has 4 rings (SSSR count). The van der Waals surface area contributed by atoms with Crippen LogP contribution in [-0.2, 0) is 10.1 Å². The van der Waals surface area contributed by atoms with Crippen LogP contribution in [0.5, 0.6) is 17.2 Å². The van der Waals surface area contributed by atoms with Crippen molar-refractivity contribution in [2.75, 3.05) is 14.2 Å². The molecule has 0 aliphatic heterocycles. The normalized spacial score (nSPS) is 11.7. The smallest absolute Gasteiger partial charge is 0.339 e. The number of aryl methyl sites for hydroxylation is 2. The second kappa shape index (κ2) is 7.00. The van der Waals surface area contributed by atoms with Gasteiger partial charge in [0.15, 0.2) is 5.75 Å². The van der Waals surface area contributed by atoms with Crippen LogP contribution < -0.4 is 13.7 Å². The van der Waals surface area contributed by atoms with Crippen molar-refractivity contribution in [1.82, 2.24) is 4.98 Å². The lowest BCUT2D eigenvalue weighted by molar-refractivity contribution is 0.397. The molecule has 0 saturated heterocycles. The van der Waals surface area contributed by atoms with Crippen molar-refractivity contribution in [3.8, 4) is 17.2 Å². The highest BCUT2D eigenvalue weighted by Gasteiger charge is 2.21. The summed E-state index contributed by atoms with van der Waals surface area (Å²) in [6.07, 6.45) is 0. The summed E-state index contributed by atoms with van der Waals surface area (Å²) in [4.78, 5) is 3.36. The Bertz CT molecular complexity index is 1320. The highest BCUT2D eigenvalue weighted by atomic mass is 32.2. The maximum absolute atomic E-state index is 12.8. The van der Waals surface area contributed by atoms with Gasteiger partial charge in [-0.1, -0.05) is 17.7 Å². The molecule has 0 saturated carbocycles. The first-order valence-electron chi connectivity index (χ1n) is 9.01. The van der Waals surface area contributed by atoms with E-state index in [2.05, 4.69) is 4.98 Å². The Balaban J connectivity index is 1.92. The Morgan fingerprint density at radius 2 is 1.41 bits per heavy atom. The zero-order valence-electron chi connectivity index (χ0n) is 16.6. The van der Waals surface area contributed by atoms with Crippen molar-refractivity contribution in [2.24, 2.45) is 0 Å². The molecular weight excluding hydrogens is 390 g/mol. The van der Waals surface area contributed by atoms with E-state index in [0.717, 1.165) is 27.4 Å². The van der Waals surface area contributed by atoms with Crippen LogP contribution in [-0.4, -0.2) is 27.6 Å². The van der Waals surface area contributed by atoms with Crippen LogP contribution in [0, 0.1) is 13.8 Å². The molecule has 3 aromatic carbocycles. The first kappa shape index (κ1) is 19.1. The molecule has 4 aromatic rings. The summed E-state index contributed by atoms with van der Waals surface area (Å²) >= 11 is 0. The molecule has 1 heterocycles. The Morgan fingerprint density at radius 1 is 0.759 bits per heavy atom. The molecule has 6 nitrogen and oxygen atoms in total. The molecule has 0 amide bonds.